The number of piperidine rings is 2. The van der Waals surface area contributed by atoms with Crippen LogP contribution in [0, 0.1) is 5.92 Å². The zero-order valence-corrected chi connectivity index (χ0v) is 18.0. The number of amides is 2. The third-order valence-corrected chi connectivity index (χ3v) is 7.49. The van der Waals surface area contributed by atoms with E-state index in [9.17, 15) is 9.59 Å². The Morgan fingerprint density at radius 1 is 0.935 bits per heavy atom. The first-order valence-corrected chi connectivity index (χ1v) is 11.6. The predicted octanol–water partition coefficient (Wildman–Crippen LogP) is 2.81. The van der Waals surface area contributed by atoms with Crippen molar-refractivity contribution in [2.24, 2.45) is 5.92 Å². The molecule has 0 aliphatic carbocycles. The van der Waals surface area contributed by atoms with E-state index in [2.05, 4.69) is 29.6 Å². The highest BCUT2D eigenvalue weighted by Crippen LogP contribution is 2.41. The van der Waals surface area contributed by atoms with E-state index in [0.717, 1.165) is 50.0 Å². The minimum absolute atomic E-state index is 0.0580. The summed E-state index contributed by atoms with van der Waals surface area (Å²) in [6.45, 7) is 3.52. The molecular formula is C26H31N3O2. The Hall–Kier alpha value is -2.66. The Morgan fingerprint density at radius 3 is 2.29 bits per heavy atom. The quantitative estimate of drug-likeness (QED) is 0.832. The monoisotopic (exact) mass is 417 g/mol. The van der Waals surface area contributed by atoms with Gasteiger partial charge in [0, 0.05) is 32.2 Å². The van der Waals surface area contributed by atoms with Gasteiger partial charge in [-0.15, -0.1) is 0 Å². The fourth-order valence-electron chi connectivity index (χ4n) is 5.94. The van der Waals surface area contributed by atoms with Crippen molar-refractivity contribution in [1.29, 1.82) is 0 Å². The highest BCUT2D eigenvalue weighted by molar-refractivity contribution is 5.95. The van der Waals surface area contributed by atoms with Crippen molar-refractivity contribution in [3.63, 3.8) is 0 Å². The van der Waals surface area contributed by atoms with Crippen molar-refractivity contribution >= 4 is 11.8 Å². The second-order valence-electron chi connectivity index (χ2n) is 9.18. The van der Waals surface area contributed by atoms with Gasteiger partial charge in [0.05, 0.1) is 12.0 Å². The molecule has 0 radical (unpaired) electrons. The minimum Gasteiger partial charge on any atom is -0.337 e. The molecule has 2 atom stereocenters. The maximum absolute atomic E-state index is 14.0. The molecule has 0 saturated carbocycles. The zero-order chi connectivity index (χ0) is 21.3. The number of benzene rings is 2. The molecule has 5 rings (SSSR count). The molecular weight excluding hydrogens is 386 g/mol. The van der Waals surface area contributed by atoms with Crippen molar-refractivity contribution < 1.29 is 9.59 Å². The van der Waals surface area contributed by atoms with Gasteiger partial charge in [-0.2, -0.15) is 0 Å². The highest BCUT2D eigenvalue weighted by Gasteiger charge is 2.47. The van der Waals surface area contributed by atoms with Gasteiger partial charge in [0.1, 0.15) is 0 Å². The lowest BCUT2D eigenvalue weighted by molar-refractivity contribution is -0.147. The van der Waals surface area contributed by atoms with Crippen molar-refractivity contribution in [2.75, 3.05) is 32.7 Å². The fraction of sp³-hybridized carbons (Fsp3) is 0.462. The molecule has 5 nitrogen and oxygen atoms in total. The maximum atomic E-state index is 14.0. The topological polar surface area (TPSA) is 52.7 Å². The number of fused-ring (bicyclic) bond motifs is 1. The molecule has 0 aromatic heterocycles. The lowest BCUT2D eigenvalue weighted by atomic mass is 9.68. The van der Waals surface area contributed by atoms with Gasteiger partial charge in [-0.1, -0.05) is 60.7 Å². The first-order valence-electron chi connectivity index (χ1n) is 11.6. The Kier molecular flexibility index (Phi) is 5.53. The first-order chi connectivity index (χ1) is 15.2. The number of nitrogens with one attached hydrogen (secondary N) is 1. The number of likely N-dealkylation sites (tertiary alicyclic amines) is 2. The molecule has 3 fully saturated rings. The van der Waals surface area contributed by atoms with Gasteiger partial charge in [-0.3, -0.25) is 9.59 Å². The third kappa shape index (κ3) is 3.55. The molecule has 3 heterocycles. The number of carbonyl (C=O) groups excluding carboxylic acids is 2. The predicted molar refractivity (Wildman–Crippen MR) is 121 cm³/mol. The molecule has 0 spiro atoms. The summed E-state index contributed by atoms with van der Waals surface area (Å²) in [5.74, 6) is 0.716. The minimum atomic E-state index is -0.722. The average Bonchev–Trinajstić information content (AvgIpc) is 3.31. The molecule has 5 heteroatoms. The van der Waals surface area contributed by atoms with E-state index in [1.165, 1.54) is 6.42 Å². The Labute approximate surface area is 184 Å². The van der Waals surface area contributed by atoms with Gasteiger partial charge < -0.3 is 15.1 Å². The molecule has 3 saturated heterocycles. The van der Waals surface area contributed by atoms with Crippen LogP contribution in [0.1, 0.15) is 36.8 Å². The van der Waals surface area contributed by atoms with E-state index in [1.807, 2.05) is 46.2 Å². The summed E-state index contributed by atoms with van der Waals surface area (Å²) < 4.78 is 0. The zero-order valence-electron chi connectivity index (χ0n) is 18.0. The van der Waals surface area contributed by atoms with Crippen molar-refractivity contribution in [3.8, 4) is 0 Å². The Bertz CT molecular complexity index is 891. The summed E-state index contributed by atoms with van der Waals surface area (Å²) in [7, 11) is 0. The van der Waals surface area contributed by atoms with E-state index >= 15 is 0 Å². The second-order valence-corrected chi connectivity index (χ2v) is 9.18. The van der Waals surface area contributed by atoms with Gasteiger partial charge in [0.15, 0.2) is 0 Å². The van der Waals surface area contributed by atoms with Gasteiger partial charge in [0.25, 0.3) is 0 Å². The Morgan fingerprint density at radius 2 is 1.61 bits per heavy atom. The third-order valence-electron chi connectivity index (χ3n) is 7.49. The molecule has 2 aromatic carbocycles. The summed E-state index contributed by atoms with van der Waals surface area (Å²) in [6, 6.07) is 20.5. The summed E-state index contributed by atoms with van der Waals surface area (Å²) >= 11 is 0. The summed E-state index contributed by atoms with van der Waals surface area (Å²) in [6.07, 6.45) is 3.90. The molecule has 3 aliphatic heterocycles. The molecule has 162 valence electrons. The van der Waals surface area contributed by atoms with Crippen LogP contribution in [0.4, 0.5) is 0 Å². The van der Waals surface area contributed by atoms with Crippen molar-refractivity contribution in [1.82, 2.24) is 15.1 Å². The lowest BCUT2D eigenvalue weighted by Crippen LogP contribution is -2.57. The van der Waals surface area contributed by atoms with Crippen molar-refractivity contribution in [2.45, 2.75) is 37.1 Å². The van der Waals surface area contributed by atoms with E-state index in [1.54, 1.807) is 0 Å². The molecule has 31 heavy (non-hydrogen) atoms. The van der Waals surface area contributed by atoms with E-state index in [4.69, 9.17) is 0 Å². The van der Waals surface area contributed by atoms with Crippen LogP contribution in [-0.2, 0) is 15.0 Å². The molecule has 3 aliphatic rings. The molecule has 0 bridgehead atoms. The highest BCUT2D eigenvalue weighted by atomic mass is 16.2. The van der Waals surface area contributed by atoms with E-state index in [-0.39, 0.29) is 24.4 Å². The van der Waals surface area contributed by atoms with Crippen LogP contribution in [-0.4, -0.2) is 60.4 Å². The Balaban J connectivity index is 1.43. The molecule has 0 unspecified atom stereocenters. The van der Waals surface area contributed by atoms with E-state index < -0.39 is 5.41 Å². The smallest absolute Gasteiger partial charge is 0.242 e. The van der Waals surface area contributed by atoms with Crippen LogP contribution in [0.15, 0.2) is 60.7 Å². The molecule has 1 N–H and O–H groups in total. The standard InChI is InChI=1S/C26H31N3O2/c30-24(29-16-7-9-20-17-27-18-23(20)29)19-28-15-8-14-26(25(28)31,21-10-3-1-4-11-21)22-12-5-2-6-13-22/h1-6,10-13,20,23,27H,7-9,14-19H2/t20-,23+/m0/s1. The second kappa shape index (κ2) is 8.46. The number of nitrogens with zero attached hydrogens (tertiary/aromatic N) is 2. The van der Waals surface area contributed by atoms with Gasteiger partial charge in [-0.05, 0) is 42.7 Å². The lowest BCUT2D eigenvalue weighted by Gasteiger charge is -2.44. The number of carbonyl (C=O) groups is 2. The normalized spacial score (nSPS) is 25.4. The van der Waals surface area contributed by atoms with Gasteiger partial charge in [-0.25, -0.2) is 0 Å². The number of hydrogen-bond acceptors (Lipinski definition) is 3. The van der Waals surface area contributed by atoms with E-state index in [0.29, 0.717) is 12.5 Å². The first kappa shape index (κ1) is 20.3. The van der Waals surface area contributed by atoms with Crippen LogP contribution in [0.25, 0.3) is 0 Å². The van der Waals surface area contributed by atoms with Gasteiger partial charge >= 0.3 is 0 Å². The van der Waals surface area contributed by atoms with Crippen LogP contribution in [0.2, 0.25) is 0 Å². The summed E-state index contributed by atoms with van der Waals surface area (Å²) in [4.78, 5) is 31.2. The fourth-order valence-corrected chi connectivity index (χ4v) is 5.94. The van der Waals surface area contributed by atoms with Crippen LogP contribution in [0.5, 0.6) is 0 Å². The van der Waals surface area contributed by atoms with Crippen molar-refractivity contribution in [3.05, 3.63) is 71.8 Å². The van der Waals surface area contributed by atoms with Gasteiger partial charge in [0.2, 0.25) is 11.8 Å². The molecule has 2 amide bonds. The number of rotatable bonds is 4. The van der Waals surface area contributed by atoms with Crippen LogP contribution >= 0.6 is 0 Å². The summed E-state index contributed by atoms with van der Waals surface area (Å²) in [5, 5.41) is 3.44. The van der Waals surface area contributed by atoms with Crippen LogP contribution < -0.4 is 5.32 Å². The SMILES string of the molecule is O=C(CN1CCCC(c2ccccc2)(c2ccccc2)C1=O)N1CCC[C@H]2CNC[C@H]21. The largest absolute Gasteiger partial charge is 0.337 e. The molecule has 2 aromatic rings. The van der Waals surface area contributed by atoms with Crippen LogP contribution in [0.3, 0.4) is 0 Å². The average molecular weight is 418 g/mol. The number of hydrogen-bond donors (Lipinski definition) is 1. The maximum Gasteiger partial charge on any atom is 0.242 e. The summed E-state index contributed by atoms with van der Waals surface area (Å²) in [5.41, 5.74) is 1.31.